The molecule has 2 aliphatic carbocycles. The molecule has 3 aliphatic rings. The Hall–Kier alpha value is -1.18. The minimum Gasteiger partial charge on any atom is -0.512 e. The Morgan fingerprint density at radius 2 is 2.18 bits per heavy atom. The standard InChI is InChI=1S/C15H20O2/c1-2-3-10-4-5-13-11-6-8-14(16)12(11)7-9-15(13)17-10/h6,8,10,12,16H,2-5,7,9H2,1H3. The van der Waals surface area contributed by atoms with E-state index in [1.165, 1.54) is 29.7 Å². The van der Waals surface area contributed by atoms with E-state index in [2.05, 4.69) is 13.0 Å². The SMILES string of the molecule is CCCC1CCC2=C(CCC3C(O)=CC=C23)O1. The summed E-state index contributed by atoms with van der Waals surface area (Å²) < 4.78 is 6.11. The molecule has 2 unspecified atom stereocenters. The second-order valence-electron chi connectivity index (χ2n) is 5.27. The lowest BCUT2D eigenvalue weighted by Gasteiger charge is -2.34. The zero-order chi connectivity index (χ0) is 11.8. The summed E-state index contributed by atoms with van der Waals surface area (Å²) in [5.74, 6) is 2.02. The van der Waals surface area contributed by atoms with Crippen LogP contribution in [0, 0.1) is 5.92 Å². The molecule has 0 saturated heterocycles. The first-order chi connectivity index (χ1) is 8.29. The molecule has 0 aromatic rings. The van der Waals surface area contributed by atoms with Gasteiger partial charge in [-0.3, -0.25) is 0 Å². The number of aliphatic hydroxyl groups excluding tert-OH is 1. The number of ether oxygens (including phenoxy) is 1. The number of hydrogen-bond acceptors (Lipinski definition) is 2. The average Bonchev–Trinajstić information content (AvgIpc) is 2.72. The average molecular weight is 232 g/mol. The van der Waals surface area contributed by atoms with E-state index in [9.17, 15) is 5.11 Å². The number of fused-ring (bicyclic) bond motifs is 2. The van der Waals surface area contributed by atoms with Crippen LogP contribution in [0.4, 0.5) is 0 Å². The summed E-state index contributed by atoms with van der Waals surface area (Å²) in [6.07, 6.45) is 11.0. The molecule has 92 valence electrons. The van der Waals surface area contributed by atoms with Gasteiger partial charge in [0, 0.05) is 12.3 Å². The van der Waals surface area contributed by atoms with Gasteiger partial charge in [-0.25, -0.2) is 0 Å². The summed E-state index contributed by atoms with van der Waals surface area (Å²) in [5, 5.41) is 9.80. The van der Waals surface area contributed by atoms with Crippen LogP contribution in [0.25, 0.3) is 0 Å². The molecule has 3 rings (SSSR count). The first kappa shape index (κ1) is 10.9. The molecule has 0 saturated carbocycles. The largest absolute Gasteiger partial charge is 0.512 e. The summed E-state index contributed by atoms with van der Waals surface area (Å²) in [6.45, 7) is 2.21. The zero-order valence-corrected chi connectivity index (χ0v) is 10.4. The Kier molecular flexibility index (Phi) is 2.73. The van der Waals surface area contributed by atoms with Gasteiger partial charge >= 0.3 is 0 Å². The smallest absolute Gasteiger partial charge is 0.0999 e. The molecule has 2 atom stereocenters. The van der Waals surface area contributed by atoms with Crippen LogP contribution in [0.2, 0.25) is 0 Å². The van der Waals surface area contributed by atoms with E-state index in [0.717, 1.165) is 25.7 Å². The van der Waals surface area contributed by atoms with Crippen molar-refractivity contribution in [3.8, 4) is 0 Å². The quantitative estimate of drug-likeness (QED) is 0.779. The van der Waals surface area contributed by atoms with Crippen molar-refractivity contribution in [3.05, 3.63) is 34.8 Å². The fraction of sp³-hybridized carbons (Fsp3) is 0.600. The normalized spacial score (nSPS) is 31.4. The van der Waals surface area contributed by atoms with Crippen LogP contribution in [0.1, 0.15) is 45.4 Å². The van der Waals surface area contributed by atoms with Crippen molar-refractivity contribution in [2.24, 2.45) is 5.92 Å². The summed E-state index contributed by atoms with van der Waals surface area (Å²) in [4.78, 5) is 0. The van der Waals surface area contributed by atoms with Crippen molar-refractivity contribution in [3.63, 3.8) is 0 Å². The van der Waals surface area contributed by atoms with Gasteiger partial charge in [-0.05, 0) is 42.9 Å². The van der Waals surface area contributed by atoms with Gasteiger partial charge in [0.1, 0.15) is 0 Å². The van der Waals surface area contributed by atoms with Gasteiger partial charge in [-0.15, -0.1) is 0 Å². The van der Waals surface area contributed by atoms with Crippen molar-refractivity contribution in [2.45, 2.75) is 51.6 Å². The molecule has 0 fully saturated rings. The molecule has 1 N–H and O–H groups in total. The molecule has 0 radical (unpaired) electrons. The fourth-order valence-corrected chi connectivity index (χ4v) is 3.27. The molecular formula is C15H20O2. The molecule has 17 heavy (non-hydrogen) atoms. The molecule has 0 aromatic heterocycles. The highest BCUT2D eigenvalue weighted by molar-refractivity contribution is 5.48. The van der Waals surface area contributed by atoms with E-state index in [4.69, 9.17) is 4.74 Å². The van der Waals surface area contributed by atoms with Crippen LogP contribution in [-0.2, 0) is 4.74 Å². The Balaban J connectivity index is 1.81. The molecule has 1 aliphatic heterocycles. The Morgan fingerprint density at radius 3 is 3.00 bits per heavy atom. The topological polar surface area (TPSA) is 29.5 Å². The third kappa shape index (κ3) is 1.80. The third-order valence-electron chi connectivity index (χ3n) is 4.15. The third-order valence-corrected chi connectivity index (χ3v) is 4.15. The van der Waals surface area contributed by atoms with Crippen molar-refractivity contribution < 1.29 is 9.84 Å². The lowest BCUT2D eigenvalue weighted by atomic mass is 9.80. The van der Waals surface area contributed by atoms with Crippen molar-refractivity contribution in [1.29, 1.82) is 0 Å². The number of allylic oxidation sites excluding steroid dienone is 5. The molecule has 1 heterocycles. The van der Waals surface area contributed by atoms with E-state index < -0.39 is 0 Å². The predicted molar refractivity (Wildman–Crippen MR) is 67.6 cm³/mol. The van der Waals surface area contributed by atoms with Crippen LogP contribution in [-0.4, -0.2) is 11.2 Å². The van der Waals surface area contributed by atoms with E-state index in [1.807, 2.05) is 6.08 Å². The van der Waals surface area contributed by atoms with E-state index in [0.29, 0.717) is 11.9 Å². The number of aliphatic hydroxyl groups is 1. The van der Waals surface area contributed by atoms with E-state index >= 15 is 0 Å². The number of hydrogen-bond donors (Lipinski definition) is 1. The summed E-state index contributed by atoms with van der Waals surface area (Å²) in [7, 11) is 0. The van der Waals surface area contributed by atoms with Gasteiger partial charge in [0.05, 0.1) is 17.6 Å². The second-order valence-corrected chi connectivity index (χ2v) is 5.27. The van der Waals surface area contributed by atoms with E-state index in [1.54, 1.807) is 0 Å². The molecule has 0 aromatic carbocycles. The predicted octanol–water partition coefficient (Wildman–Crippen LogP) is 4.01. The Bertz CT molecular complexity index is 415. The summed E-state index contributed by atoms with van der Waals surface area (Å²) in [6, 6.07) is 0. The van der Waals surface area contributed by atoms with Gasteiger partial charge in [0.25, 0.3) is 0 Å². The lowest BCUT2D eigenvalue weighted by Crippen LogP contribution is -2.24. The van der Waals surface area contributed by atoms with Gasteiger partial charge in [0.15, 0.2) is 0 Å². The van der Waals surface area contributed by atoms with Gasteiger partial charge in [0.2, 0.25) is 0 Å². The first-order valence-corrected chi connectivity index (χ1v) is 6.79. The van der Waals surface area contributed by atoms with Crippen LogP contribution < -0.4 is 0 Å². The maximum atomic E-state index is 9.80. The minimum atomic E-state index is 0.264. The zero-order valence-electron chi connectivity index (χ0n) is 10.4. The first-order valence-electron chi connectivity index (χ1n) is 6.79. The van der Waals surface area contributed by atoms with Crippen LogP contribution in [0.3, 0.4) is 0 Å². The number of rotatable bonds is 2. The maximum absolute atomic E-state index is 9.80. The van der Waals surface area contributed by atoms with E-state index in [-0.39, 0.29) is 5.92 Å². The lowest BCUT2D eigenvalue weighted by molar-refractivity contribution is 0.0720. The fourth-order valence-electron chi connectivity index (χ4n) is 3.27. The molecule has 0 spiro atoms. The molecule has 0 bridgehead atoms. The second kappa shape index (κ2) is 4.25. The minimum absolute atomic E-state index is 0.264. The van der Waals surface area contributed by atoms with Crippen molar-refractivity contribution in [1.82, 2.24) is 0 Å². The molecule has 0 amide bonds. The molecular weight excluding hydrogens is 212 g/mol. The highest BCUT2D eigenvalue weighted by atomic mass is 16.5. The Labute approximate surface area is 103 Å². The van der Waals surface area contributed by atoms with Crippen molar-refractivity contribution >= 4 is 0 Å². The van der Waals surface area contributed by atoms with Crippen LogP contribution >= 0.6 is 0 Å². The van der Waals surface area contributed by atoms with Gasteiger partial charge in [-0.1, -0.05) is 19.4 Å². The molecule has 2 heteroatoms. The Morgan fingerprint density at radius 1 is 1.29 bits per heavy atom. The van der Waals surface area contributed by atoms with Gasteiger partial charge in [-0.2, -0.15) is 0 Å². The van der Waals surface area contributed by atoms with Crippen molar-refractivity contribution in [2.75, 3.05) is 0 Å². The highest BCUT2D eigenvalue weighted by Gasteiger charge is 2.34. The van der Waals surface area contributed by atoms with Gasteiger partial charge < -0.3 is 9.84 Å². The summed E-state index contributed by atoms with van der Waals surface area (Å²) >= 11 is 0. The monoisotopic (exact) mass is 232 g/mol. The van der Waals surface area contributed by atoms with Crippen LogP contribution in [0.15, 0.2) is 34.8 Å². The van der Waals surface area contributed by atoms with Crippen LogP contribution in [0.5, 0.6) is 0 Å². The highest BCUT2D eigenvalue weighted by Crippen LogP contribution is 2.45. The maximum Gasteiger partial charge on any atom is 0.0999 e. The molecule has 2 nitrogen and oxygen atoms in total. The summed E-state index contributed by atoms with van der Waals surface area (Å²) in [5.41, 5.74) is 2.70.